The van der Waals surface area contributed by atoms with Gasteiger partial charge in [0.15, 0.2) is 0 Å². The van der Waals surface area contributed by atoms with Gasteiger partial charge < -0.3 is 5.32 Å². The molecule has 1 aliphatic heterocycles. The summed E-state index contributed by atoms with van der Waals surface area (Å²) in [4.78, 5) is 0. The first-order chi connectivity index (χ1) is 7.92. The summed E-state index contributed by atoms with van der Waals surface area (Å²) in [7, 11) is 0. The van der Waals surface area contributed by atoms with E-state index in [1.54, 1.807) is 11.1 Å². The fourth-order valence-corrected chi connectivity index (χ4v) is 4.07. The molecule has 0 saturated carbocycles. The zero-order valence-electron chi connectivity index (χ0n) is 9.61. The number of hydrogen-bond acceptors (Lipinski definition) is 2. The highest BCUT2D eigenvalue weighted by atomic mass is 32.2. The van der Waals surface area contributed by atoms with Crippen LogP contribution in [0.2, 0.25) is 0 Å². The van der Waals surface area contributed by atoms with Crippen LogP contribution in [0.3, 0.4) is 0 Å². The Hall–Kier alpha value is -0.470. The van der Waals surface area contributed by atoms with E-state index >= 15 is 0 Å². The number of hydrogen-bond donors (Lipinski definition) is 1. The lowest BCUT2D eigenvalue weighted by Gasteiger charge is -2.15. The summed E-state index contributed by atoms with van der Waals surface area (Å²) >= 11 is 2.11. The second kappa shape index (κ2) is 4.80. The van der Waals surface area contributed by atoms with Gasteiger partial charge in [0, 0.05) is 6.04 Å². The second-order valence-corrected chi connectivity index (χ2v) is 6.16. The number of thioether (sulfide) groups is 1. The van der Waals surface area contributed by atoms with Crippen molar-refractivity contribution in [2.75, 3.05) is 18.1 Å². The number of nitrogens with one attached hydrogen (secondary N) is 1. The molecule has 2 aliphatic rings. The number of fused-ring (bicyclic) bond motifs is 1. The topological polar surface area (TPSA) is 12.0 Å². The van der Waals surface area contributed by atoms with E-state index in [9.17, 15) is 0 Å². The SMILES string of the molecule is c1ccc2c(c1)CC(NCC1CCSC1)C2. The lowest BCUT2D eigenvalue weighted by atomic mass is 10.1. The van der Waals surface area contributed by atoms with Crippen molar-refractivity contribution in [3.05, 3.63) is 35.4 Å². The lowest BCUT2D eigenvalue weighted by Crippen LogP contribution is -2.33. The van der Waals surface area contributed by atoms with Crippen LogP contribution < -0.4 is 5.32 Å². The average molecular weight is 233 g/mol. The van der Waals surface area contributed by atoms with Gasteiger partial charge in [-0.05, 0) is 54.4 Å². The third-order valence-corrected chi connectivity index (χ3v) is 5.00. The fraction of sp³-hybridized carbons (Fsp3) is 0.571. The molecule has 16 heavy (non-hydrogen) atoms. The molecule has 1 aromatic rings. The zero-order chi connectivity index (χ0) is 10.8. The predicted octanol–water partition coefficient (Wildman–Crippen LogP) is 2.50. The Morgan fingerprint density at radius 2 is 1.94 bits per heavy atom. The van der Waals surface area contributed by atoms with Crippen molar-refractivity contribution in [1.29, 1.82) is 0 Å². The summed E-state index contributed by atoms with van der Waals surface area (Å²) in [5.41, 5.74) is 3.11. The van der Waals surface area contributed by atoms with Gasteiger partial charge in [-0.3, -0.25) is 0 Å². The molecule has 0 bridgehead atoms. The molecule has 2 heteroatoms. The molecule has 0 aromatic heterocycles. The van der Waals surface area contributed by atoms with Crippen LogP contribution in [0.25, 0.3) is 0 Å². The number of rotatable bonds is 3. The molecule has 1 N–H and O–H groups in total. The van der Waals surface area contributed by atoms with Gasteiger partial charge in [0.2, 0.25) is 0 Å². The third kappa shape index (κ3) is 2.28. The van der Waals surface area contributed by atoms with Crippen LogP contribution >= 0.6 is 11.8 Å². The molecule has 1 aromatic carbocycles. The highest BCUT2D eigenvalue weighted by molar-refractivity contribution is 7.99. The summed E-state index contributed by atoms with van der Waals surface area (Å²) in [6, 6.07) is 9.58. The van der Waals surface area contributed by atoms with Crippen LogP contribution in [0.5, 0.6) is 0 Å². The summed E-state index contributed by atoms with van der Waals surface area (Å²) < 4.78 is 0. The van der Waals surface area contributed by atoms with Crippen molar-refractivity contribution >= 4 is 11.8 Å². The highest BCUT2D eigenvalue weighted by Crippen LogP contribution is 2.25. The Kier molecular flexibility index (Phi) is 3.20. The van der Waals surface area contributed by atoms with Gasteiger partial charge in [0.25, 0.3) is 0 Å². The standard InChI is InChI=1S/C14H19NS/c1-2-4-13-8-14(7-12(13)3-1)15-9-11-5-6-16-10-11/h1-4,11,14-15H,5-10H2. The summed E-state index contributed by atoms with van der Waals surface area (Å²) in [6.45, 7) is 1.23. The van der Waals surface area contributed by atoms with E-state index in [0.717, 1.165) is 5.92 Å². The minimum absolute atomic E-state index is 0.697. The van der Waals surface area contributed by atoms with Gasteiger partial charge in [0.05, 0.1) is 0 Å². The Balaban J connectivity index is 1.52. The van der Waals surface area contributed by atoms with Crippen molar-refractivity contribution in [1.82, 2.24) is 5.32 Å². The van der Waals surface area contributed by atoms with Gasteiger partial charge in [0.1, 0.15) is 0 Å². The smallest absolute Gasteiger partial charge is 0.0148 e. The fourth-order valence-electron chi connectivity index (χ4n) is 2.78. The molecule has 0 radical (unpaired) electrons. The zero-order valence-corrected chi connectivity index (χ0v) is 10.4. The molecule has 1 fully saturated rings. The Morgan fingerprint density at radius 1 is 1.19 bits per heavy atom. The van der Waals surface area contributed by atoms with Crippen LogP contribution in [-0.2, 0) is 12.8 Å². The van der Waals surface area contributed by atoms with Crippen molar-refractivity contribution in [2.24, 2.45) is 5.92 Å². The van der Waals surface area contributed by atoms with Gasteiger partial charge in [-0.2, -0.15) is 11.8 Å². The third-order valence-electron chi connectivity index (χ3n) is 3.77. The van der Waals surface area contributed by atoms with Gasteiger partial charge in [-0.25, -0.2) is 0 Å². The van der Waals surface area contributed by atoms with Crippen LogP contribution in [0.1, 0.15) is 17.5 Å². The minimum Gasteiger partial charge on any atom is -0.313 e. The Morgan fingerprint density at radius 3 is 2.56 bits per heavy atom. The van der Waals surface area contributed by atoms with Crippen molar-refractivity contribution < 1.29 is 0 Å². The molecule has 86 valence electrons. The van der Waals surface area contributed by atoms with E-state index in [2.05, 4.69) is 41.3 Å². The molecule has 1 aliphatic carbocycles. The molecule has 1 heterocycles. The molecule has 0 amide bonds. The van der Waals surface area contributed by atoms with Gasteiger partial charge in [-0.1, -0.05) is 24.3 Å². The largest absolute Gasteiger partial charge is 0.313 e. The van der Waals surface area contributed by atoms with Crippen molar-refractivity contribution in [2.45, 2.75) is 25.3 Å². The van der Waals surface area contributed by atoms with E-state index in [1.165, 1.54) is 37.3 Å². The van der Waals surface area contributed by atoms with Crippen molar-refractivity contribution in [3.8, 4) is 0 Å². The first kappa shape index (κ1) is 10.7. The van der Waals surface area contributed by atoms with Gasteiger partial charge >= 0.3 is 0 Å². The molecule has 1 unspecified atom stereocenters. The molecule has 1 atom stereocenters. The molecule has 1 nitrogen and oxygen atoms in total. The summed E-state index contributed by atoms with van der Waals surface area (Å²) in [5, 5.41) is 3.76. The Labute approximate surface area is 102 Å². The monoisotopic (exact) mass is 233 g/mol. The van der Waals surface area contributed by atoms with E-state index in [4.69, 9.17) is 0 Å². The lowest BCUT2D eigenvalue weighted by molar-refractivity contribution is 0.459. The number of benzene rings is 1. The molecule has 0 spiro atoms. The predicted molar refractivity (Wildman–Crippen MR) is 71.1 cm³/mol. The maximum Gasteiger partial charge on any atom is 0.0148 e. The van der Waals surface area contributed by atoms with Crippen molar-refractivity contribution in [3.63, 3.8) is 0 Å². The maximum absolute atomic E-state index is 3.76. The molecule has 1 saturated heterocycles. The normalized spacial score (nSPS) is 24.9. The molecule has 3 rings (SSSR count). The van der Waals surface area contributed by atoms with E-state index in [1.807, 2.05) is 0 Å². The van der Waals surface area contributed by atoms with Crippen LogP contribution in [0.15, 0.2) is 24.3 Å². The Bertz CT molecular complexity index is 333. The van der Waals surface area contributed by atoms with E-state index < -0.39 is 0 Å². The molecular weight excluding hydrogens is 214 g/mol. The summed E-state index contributed by atoms with van der Waals surface area (Å²) in [6.07, 6.45) is 3.88. The first-order valence-electron chi connectivity index (χ1n) is 6.30. The average Bonchev–Trinajstić information content (AvgIpc) is 2.95. The van der Waals surface area contributed by atoms with E-state index in [0.29, 0.717) is 6.04 Å². The molecular formula is C14H19NS. The van der Waals surface area contributed by atoms with Crippen LogP contribution in [-0.4, -0.2) is 24.1 Å². The highest BCUT2D eigenvalue weighted by Gasteiger charge is 2.22. The van der Waals surface area contributed by atoms with Crippen LogP contribution in [0.4, 0.5) is 0 Å². The quantitative estimate of drug-likeness (QED) is 0.861. The van der Waals surface area contributed by atoms with E-state index in [-0.39, 0.29) is 0 Å². The second-order valence-electron chi connectivity index (χ2n) is 5.01. The summed E-state index contributed by atoms with van der Waals surface area (Å²) in [5.74, 6) is 3.66. The van der Waals surface area contributed by atoms with Gasteiger partial charge in [-0.15, -0.1) is 0 Å². The van der Waals surface area contributed by atoms with Crippen LogP contribution in [0, 0.1) is 5.92 Å². The first-order valence-corrected chi connectivity index (χ1v) is 7.45. The minimum atomic E-state index is 0.697. The maximum atomic E-state index is 3.76.